The Balaban J connectivity index is 2.35. The molecule has 0 aromatic rings. The second kappa shape index (κ2) is 4.39. The molecule has 1 aliphatic rings. The van der Waals surface area contributed by atoms with E-state index in [1.54, 1.807) is 0 Å². The van der Waals surface area contributed by atoms with Crippen LogP contribution in [0.5, 0.6) is 0 Å². The van der Waals surface area contributed by atoms with Crippen LogP contribution in [0.3, 0.4) is 0 Å². The molecular formula is C8H16O4S. The standard InChI is InChI=1S/C8H16O4S/c1-13(10,11)5-3-7-6-12-4-2-8(7)9/h7-9H,2-6H2,1H3. The summed E-state index contributed by atoms with van der Waals surface area (Å²) >= 11 is 0. The van der Waals surface area contributed by atoms with E-state index in [1.807, 2.05) is 0 Å². The smallest absolute Gasteiger partial charge is 0.147 e. The van der Waals surface area contributed by atoms with Gasteiger partial charge in [-0.15, -0.1) is 0 Å². The summed E-state index contributed by atoms with van der Waals surface area (Å²) in [4.78, 5) is 0. The molecule has 5 heteroatoms. The van der Waals surface area contributed by atoms with Crippen molar-refractivity contribution in [3.05, 3.63) is 0 Å². The van der Waals surface area contributed by atoms with Gasteiger partial charge in [-0.3, -0.25) is 0 Å². The zero-order valence-corrected chi connectivity index (χ0v) is 8.59. The highest BCUT2D eigenvalue weighted by atomic mass is 32.2. The first-order valence-electron chi connectivity index (χ1n) is 4.42. The minimum atomic E-state index is -2.91. The predicted octanol–water partition coefficient (Wildman–Crippen LogP) is -0.181. The Morgan fingerprint density at radius 3 is 2.77 bits per heavy atom. The Bertz CT molecular complexity index is 247. The molecule has 2 unspecified atom stereocenters. The van der Waals surface area contributed by atoms with E-state index in [4.69, 9.17) is 4.74 Å². The summed E-state index contributed by atoms with van der Waals surface area (Å²) in [7, 11) is -2.91. The first-order chi connectivity index (χ1) is 5.99. The molecule has 1 saturated heterocycles. The third kappa shape index (κ3) is 4.06. The van der Waals surface area contributed by atoms with Crippen molar-refractivity contribution in [1.82, 2.24) is 0 Å². The number of ether oxygens (including phenoxy) is 1. The Morgan fingerprint density at radius 2 is 2.23 bits per heavy atom. The Labute approximate surface area is 78.8 Å². The number of hydrogen-bond donors (Lipinski definition) is 1. The molecule has 0 aromatic carbocycles. The topological polar surface area (TPSA) is 63.6 Å². The SMILES string of the molecule is CS(=O)(=O)CCC1COCCC1O. The molecule has 1 aliphatic heterocycles. The fourth-order valence-corrected chi connectivity index (χ4v) is 2.16. The van der Waals surface area contributed by atoms with E-state index < -0.39 is 15.9 Å². The van der Waals surface area contributed by atoms with E-state index in [0.29, 0.717) is 26.1 Å². The van der Waals surface area contributed by atoms with E-state index in [1.165, 1.54) is 6.26 Å². The van der Waals surface area contributed by atoms with Gasteiger partial charge in [0.25, 0.3) is 0 Å². The average molecular weight is 208 g/mol. The molecule has 2 atom stereocenters. The maximum Gasteiger partial charge on any atom is 0.147 e. The lowest BCUT2D eigenvalue weighted by Crippen LogP contribution is -2.33. The summed E-state index contributed by atoms with van der Waals surface area (Å²) in [5.41, 5.74) is 0. The van der Waals surface area contributed by atoms with Gasteiger partial charge in [0, 0.05) is 18.8 Å². The zero-order valence-electron chi connectivity index (χ0n) is 7.77. The molecule has 0 amide bonds. The van der Waals surface area contributed by atoms with Crippen molar-refractivity contribution >= 4 is 9.84 Å². The van der Waals surface area contributed by atoms with E-state index >= 15 is 0 Å². The van der Waals surface area contributed by atoms with Crippen LogP contribution in [0.1, 0.15) is 12.8 Å². The van der Waals surface area contributed by atoms with Crippen molar-refractivity contribution in [2.24, 2.45) is 5.92 Å². The van der Waals surface area contributed by atoms with Gasteiger partial charge < -0.3 is 9.84 Å². The second-order valence-corrected chi connectivity index (χ2v) is 5.87. The Morgan fingerprint density at radius 1 is 1.54 bits per heavy atom. The fourth-order valence-electron chi connectivity index (χ4n) is 1.43. The molecular weight excluding hydrogens is 192 g/mol. The van der Waals surface area contributed by atoms with Gasteiger partial charge in [-0.2, -0.15) is 0 Å². The highest BCUT2D eigenvalue weighted by Gasteiger charge is 2.24. The quantitative estimate of drug-likeness (QED) is 0.698. The van der Waals surface area contributed by atoms with Gasteiger partial charge in [0.05, 0.1) is 18.5 Å². The van der Waals surface area contributed by atoms with E-state index in [9.17, 15) is 13.5 Å². The molecule has 1 heterocycles. The van der Waals surface area contributed by atoms with Crippen molar-refractivity contribution in [3.8, 4) is 0 Å². The summed E-state index contributed by atoms with van der Waals surface area (Å²) in [6, 6.07) is 0. The first kappa shape index (κ1) is 10.9. The zero-order chi connectivity index (χ0) is 9.90. The van der Waals surface area contributed by atoms with Crippen LogP contribution in [0.2, 0.25) is 0 Å². The normalized spacial score (nSPS) is 30.3. The maximum absolute atomic E-state index is 10.9. The van der Waals surface area contributed by atoms with Crippen LogP contribution in [0.4, 0.5) is 0 Å². The van der Waals surface area contributed by atoms with Crippen molar-refractivity contribution in [3.63, 3.8) is 0 Å². The molecule has 78 valence electrons. The van der Waals surface area contributed by atoms with Crippen LogP contribution in [0, 0.1) is 5.92 Å². The van der Waals surface area contributed by atoms with Gasteiger partial charge in [-0.25, -0.2) is 8.42 Å². The van der Waals surface area contributed by atoms with Gasteiger partial charge in [0.1, 0.15) is 9.84 Å². The molecule has 1 fully saturated rings. The third-order valence-electron chi connectivity index (χ3n) is 2.29. The Kier molecular flexibility index (Phi) is 3.70. The van der Waals surface area contributed by atoms with E-state index in [2.05, 4.69) is 0 Å². The molecule has 0 bridgehead atoms. The fraction of sp³-hybridized carbons (Fsp3) is 1.00. The third-order valence-corrected chi connectivity index (χ3v) is 3.27. The van der Waals surface area contributed by atoms with Crippen LogP contribution in [-0.4, -0.2) is 44.9 Å². The van der Waals surface area contributed by atoms with Crippen molar-refractivity contribution in [2.75, 3.05) is 25.2 Å². The van der Waals surface area contributed by atoms with Gasteiger partial charge in [-0.05, 0) is 12.8 Å². The molecule has 0 radical (unpaired) electrons. The van der Waals surface area contributed by atoms with Gasteiger partial charge in [0.15, 0.2) is 0 Å². The summed E-state index contributed by atoms with van der Waals surface area (Å²) in [6.45, 7) is 1.06. The number of rotatable bonds is 3. The van der Waals surface area contributed by atoms with Crippen molar-refractivity contribution in [1.29, 1.82) is 0 Å². The molecule has 0 aromatic heterocycles. The van der Waals surface area contributed by atoms with Crippen LogP contribution in [0.25, 0.3) is 0 Å². The summed E-state index contributed by atoms with van der Waals surface area (Å²) in [5.74, 6) is 0.126. The summed E-state index contributed by atoms with van der Waals surface area (Å²) in [5, 5.41) is 9.49. The summed E-state index contributed by atoms with van der Waals surface area (Å²) < 4.78 is 26.9. The number of sulfone groups is 1. The average Bonchev–Trinajstić information content (AvgIpc) is 2.01. The monoisotopic (exact) mass is 208 g/mol. The van der Waals surface area contributed by atoms with Crippen molar-refractivity contribution < 1.29 is 18.3 Å². The molecule has 4 nitrogen and oxygen atoms in total. The van der Waals surface area contributed by atoms with Gasteiger partial charge >= 0.3 is 0 Å². The van der Waals surface area contributed by atoms with E-state index in [0.717, 1.165) is 0 Å². The largest absolute Gasteiger partial charge is 0.393 e. The van der Waals surface area contributed by atoms with Gasteiger partial charge in [-0.1, -0.05) is 0 Å². The Hall–Kier alpha value is -0.130. The molecule has 0 saturated carbocycles. The minimum Gasteiger partial charge on any atom is -0.393 e. The molecule has 1 rings (SSSR count). The second-order valence-electron chi connectivity index (χ2n) is 3.61. The number of aliphatic hydroxyl groups excluding tert-OH is 1. The van der Waals surface area contributed by atoms with Crippen LogP contribution in [0.15, 0.2) is 0 Å². The van der Waals surface area contributed by atoms with Crippen LogP contribution >= 0.6 is 0 Å². The summed E-state index contributed by atoms with van der Waals surface area (Å²) in [6.07, 6.45) is 1.94. The van der Waals surface area contributed by atoms with Crippen LogP contribution in [-0.2, 0) is 14.6 Å². The van der Waals surface area contributed by atoms with E-state index in [-0.39, 0.29) is 11.7 Å². The number of aliphatic hydroxyl groups is 1. The highest BCUT2D eigenvalue weighted by Crippen LogP contribution is 2.18. The lowest BCUT2D eigenvalue weighted by atomic mass is 9.96. The molecule has 1 N–H and O–H groups in total. The lowest BCUT2D eigenvalue weighted by Gasteiger charge is -2.27. The molecule has 13 heavy (non-hydrogen) atoms. The minimum absolute atomic E-state index is 0.0107. The molecule has 0 spiro atoms. The maximum atomic E-state index is 10.9. The molecule has 0 aliphatic carbocycles. The predicted molar refractivity (Wildman–Crippen MR) is 49.3 cm³/mol. The van der Waals surface area contributed by atoms with Crippen molar-refractivity contribution in [2.45, 2.75) is 18.9 Å². The highest BCUT2D eigenvalue weighted by molar-refractivity contribution is 7.90. The number of hydrogen-bond acceptors (Lipinski definition) is 4. The first-order valence-corrected chi connectivity index (χ1v) is 6.48. The lowest BCUT2D eigenvalue weighted by molar-refractivity contribution is -0.0361. The van der Waals surface area contributed by atoms with Gasteiger partial charge in [0.2, 0.25) is 0 Å². The van der Waals surface area contributed by atoms with Crippen LogP contribution < -0.4 is 0 Å².